The second-order valence-electron chi connectivity index (χ2n) is 8.13. The third-order valence-electron chi connectivity index (χ3n) is 5.73. The highest BCUT2D eigenvalue weighted by Gasteiger charge is 2.15. The van der Waals surface area contributed by atoms with Gasteiger partial charge in [-0.3, -0.25) is 9.59 Å². The van der Waals surface area contributed by atoms with Gasteiger partial charge in [-0.05, 0) is 68.1 Å². The van der Waals surface area contributed by atoms with Gasteiger partial charge in [-0.2, -0.15) is 0 Å². The molecular formula is C25H26FN3O4. The van der Waals surface area contributed by atoms with Gasteiger partial charge in [0.1, 0.15) is 17.3 Å². The van der Waals surface area contributed by atoms with E-state index in [1.54, 1.807) is 18.2 Å². The molecule has 0 atom stereocenters. The molecule has 172 valence electrons. The first-order valence-electron chi connectivity index (χ1n) is 10.9. The summed E-state index contributed by atoms with van der Waals surface area (Å²) in [7, 11) is 0. The van der Waals surface area contributed by atoms with Crippen molar-refractivity contribution in [2.75, 3.05) is 13.2 Å². The lowest BCUT2D eigenvalue weighted by molar-refractivity contribution is -0.137. The van der Waals surface area contributed by atoms with Crippen molar-refractivity contribution in [2.45, 2.75) is 33.1 Å². The van der Waals surface area contributed by atoms with Crippen molar-refractivity contribution >= 4 is 33.7 Å². The van der Waals surface area contributed by atoms with Crippen LogP contribution in [0.1, 0.15) is 40.2 Å². The smallest absolute Gasteiger partial charge is 0.303 e. The lowest BCUT2D eigenvalue weighted by atomic mass is 10.0. The Kier molecular flexibility index (Phi) is 6.35. The van der Waals surface area contributed by atoms with Crippen LogP contribution in [0.25, 0.3) is 21.8 Å². The summed E-state index contributed by atoms with van der Waals surface area (Å²) in [6, 6.07) is 10.4. The fourth-order valence-corrected chi connectivity index (χ4v) is 4.09. The van der Waals surface area contributed by atoms with Crippen LogP contribution in [0.4, 0.5) is 4.39 Å². The van der Waals surface area contributed by atoms with Gasteiger partial charge in [0.15, 0.2) is 0 Å². The first kappa shape index (κ1) is 22.4. The Labute approximate surface area is 190 Å². The van der Waals surface area contributed by atoms with Crippen LogP contribution in [0.2, 0.25) is 0 Å². The zero-order valence-corrected chi connectivity index (χ0v) is 18.5. The number of H-pyrrole nitrogens is 2. The number of amides is 1. The number of ether oxygens (including phenoxy) is 1. The topological polar surface area (TPSA) is 107 Å². The standard InChI is InChI=1S/C25H26FN3O4/c1-14-5-7-19(26)24-23(14)18(15(2)28-24)9-10-27-25(32)21-13-16-12-17(6-8-20(16)29-21)33-11-3-4-22(30)31/h5-8,12-13,28-29H,3-4,9-11H2,1-2H3,(H,27,32)(H,30,31). The zero-order valence-electron chi connectivity index (χ0n) is 18.5. The monoisotopic (exact) mass is 451 g/mol. The summed E-state index contributed by atoms with van der Waals surface area (Å²) in [6.45, 7) is 4.59. The number of nitrogens with one attached hydrogen (secondary N) is 3. The average molecular weight is 451 g/mol. The molecule has 2 aromatic carbocycles. The van der Waals surface area contributed by atoms with Gasteiger partial charge in [-0.15, -0.1) is 0 Å². The van der Waals surface area contributed by atoms with Crippen molar-refractivity contribution in [3.8, 4) is 5.75 Å². The molecular weight excluding hydrogens is 425 g/mol. The second kappa shape index (κ2) is 9.36. The highest BCUT2D eigenvalue weighted by molar-refractivity contribution is 5.98. The molecule has 0 aliphatic heterocycles. The molecule has 4 aromatic rings. The van der Waals surface area contributed by atoms with Gasteiger partial charge in [0, 0.05) is 34.9 Å². The number of hydrogen-bond donors (Lipinski definition) is 4. The maximum absolute atomic E-state index is 14.1. The average Bonchev–Trinajstić information content (AvgIpc) is 3.35. The Hall–Kier alpha value is -3.81. The molecule has 0 saturated heterocycles. The summed E-state index contributed by atoms with van der Waals surface area (Å²) in [5.41, 5.74) is 4.64. The summed E-state index contributed by atoms with van der Waals surface area (Å²) in [5.74, 6) is -0.735. The molecule has 0 radical (unpaired) electrons. The Bertz CT molecular complexity index is 1340. The van der Waals surface area contributed by atoms with Gasteiger partial charge >= 0.3 is 5.97 Å². The molecule has 0 spiro atoms. The molecule has 0 aliphatic rings. The van der Waals surface area contributed by atoms with E-state index in [9.17, 15) is 14.0 Å². The summed E-state index contributed by atoms with van der Waals surface area (Å²) >= 11 is 0. The third kappa shape index (κ3) is 4.84. The van der Waals surface area contributed by atoms with Crippen LogP contribution in [0, 0.1) is 19.7 Å². The molecule has 0 unspecified atom stereocenters. The summed E-state index contributed by atoms with van der Waals surface area (Å²) < 4.78 is 19.7. The van der Waals surface area contributed by atoms with Crippen molar-refractivity contribution in [3.05, 3.63) is 64.7 Å². The number of carbonyl (C=O) groups is 2. The van der Waals surface area contributed by atoms with Crippen molar-refractivity contribution in [1.82, 2.24) is 15.3 Å². The highest BCUT2D eigenvalue weighted by Crippen LogP contribution is 2.28. The summed E-state index contributed by atoms with van der Waals surface area (Å²) in [6.07, 6.45) is 1.07. The maximum Gasteiger partial charge on any atom is 0.303 e. The van der Waals surface area contributed by atoms with E-state index in [0.717, 1.165) is 33.1 Å². The first-order chi connectivity index (χ1) is 15.8. The molecule has 0 fully saturated rings. The molecule has 4 N–H and O–H groups in total. The quantitative estimate of drug-likeness (QED) is 0.279. The van der Waals surface area contributed by atoms with Gasteiger partial charge in [-0.1, -0.05) is 6.07 Å². The number of aromatic nitrogens is 2. The molecule has 1 amide bonds. The van der Waals surface area contributed by atoms with Crippen LogP contribution >= 0.6 is 0 Å². The number of halogens is 1. The minimum absolute atomic E-state index is 0.0588. The number of carbonyl (C=O) groups excluding carboxylic acids is 1. The van der Waals surface area contributed by atoms with Crippen molar-refractivity contribution in [2.24, 2.45) is 0 Å². The highest BCUT2D eigenvalue weighted by atomic mass is 19.1. The number of aromatic amines is 2. The lowest BCUT2D eigenvalue weighted by Gasteiger charge is -2.06. The van der Waals surface area contributed by atoms with E-state index in [1.807, 2.05) is 26.0 Å². The fraction of sp³-hybridized carbons (Fsp3) is 0.280. The van der Waals surface area contributed by atoms with Crippen LogP contribution in [-0.2, 0) is 11.2 Å². The van der Waals surface area contributed by atoms with Gasteiger partial charge in [0.2, 0.25) is 0 Å². The normalized spacial score (nSPS) is 11.2. The summed E-state index contributed by atoms with van der Waals surface area (Å²) in [4.78, 5) is 29.5. The fourth-order valence-electron chi connectivity index (χ4n) is 4.09. The number of fused-ring (bicyclic) bond motifs is 2. The molecule has 0 saturated carbocycles. The number of hydrogen-bond acceptors (Lipinski definition) is 3. The zero-order chi connectivity index (χ0) is 23.5. The van der Waals surface area contributed by atoms with E-state index in [1.165, 1.54) is 6.07 Å². The molecule has 7 nitrogen and oxygen atoms in total. The molecule has 0 aliphatic carbocycles. The lowest BCUT2D eigenvalue weighted by Crippen LogP contribution is -2.26. The maximum atomic E-state index is 14.1. The Morgan fingerprint density at radius 2 is 1.94 bits per heavy atom. The summed E-state index contributed by atoms with van der Waals surface area (Å²) in [5, 5.41) is 13.3. The minimum Gasteiger partial charge on any atom is -0.494 e. The second-order valence-corrected chi connectivity index (χ2v) is 8.13. The predicted octanol–water partition coefficient (Wildman–Crippen LogP) is 4.62. The number of aliphatic carboxylic acids is 1. The van der Waals surface area contributed by atoms with Gasteiger partial charge in [0.25, 0.3) is 5.91 Å². The van der Waals surface area contributed by atoms with E-state index >= 15 is 0 Å². The van der Waals surface area contributed by atoms with Gasteiger partial charge in [0.05, 0.1) is 12.1 Å². The molecule has 33 heavy (non-hydrogen) atoms. The molecule has 2 heterocycles. The van der Waals surface area contributed by atoms with Crippen LogP contribution < -0.4 is 10.1 Å². The van der Waals surface area contributed by atoms with E-state index in [2.05, 4.69) is 15.3 Å². The Balaban J connectivity index is 1.39. The van der Waals surface area contributed by atoms with Crippen molar-refractivity contribution < 1.29 is 23.8 Å². The number of carboxylic acids is 1. The third-order valence-corrected chi connectivity index (χ3v) is 5.73. The van der Waals surface area contributed by atoms with Gasteiger partial charge < -0.3 is 25.1 Å². The van der Waals surface area contributed by atoms with E-state index in [-0.39, 0.29) is 18.1 Å². The van der Waals surface area contributed by atoms with Gasteiger partial charge in [-0.25, -0.2) is 4.39 Å². The number of aryl methyl sites for hydroxylation is 2. The van der Waals surface area contributed by atoms with Crippen LogP contribution in [0.3, 0.4) is 0 Å². The molecule has 2 aromatic heterocycles. The SMILES string of the molecule is Cc1[nH]c2c(F)ccc(C)c2c1CCNC(=O)c1cc2cc(OCCCC(=O)O)ccc2[nH]1. The van der Waals surface area contributed by atoms with E-state index < -0.39 is 5.97 Å². The number of benzene rings is 2. The van der Waals surface area contributed by atoms with E-state index in [4.69, 9.17) is 9.84 Å². The molecule has 8 heteroatoms. The Morgan fingerprint density at radius 1 is 1.12 bits per heavy atom. The number of rotatable bonds is 9. The largest absolute Gasteiger partial charge is 0.494 e. The minimum atomic E-state index is -0.850. The first-order valence-corrected chi connectivity index (χ1v) is 10.9. The van der Waals surface area contributed by atoms with Crippen LogP contribution in [0.15, 0.2) is 36.4 Å². The van der Waals surface area contributed by atoms with Crippen molar-refractivity contribution in [1.29, 1.82) is 0 Å². The van der Waals surface area contributed by atoms with Crippen LogP contribution in [0.5, 0.6) is 5.75 Å². The van der Waals surface area contributed by atoms with E-state index in [0.29, 0.717) is 43.0 Å². The number of carboxylic acid groups (broad SMARTS) is 1. The molecule has 0 bridgehead atoms. The van der Waals surface area contributed by atoms with Crippen LogP contribution in [-0.4, -0.2) is 40.1 Å². The Morgan fingerprint density at radius 3 is 2.73 bits per heavy atom. The van der Waals surface area contributed by atoms with Crippen molar-refractivity contribution in [3.63, 3.8) is 0 Å². The molecule has 4 rings (SSSR count). The predicted molar refractivity (Wildman–Crippen MR) is 124 cm³/mol.